The van der Waals surface area contributed by atoms with Gasteiger partial charge in [0.1, 0.15) is 6.07 Å². The van der Waals surface area contributed by atoms with Gasteiger partial charge < -0.3 is 0 Å². The van der Waals surface area contributed by atoms with Crippen LogP contribution < -0.4 is 0 Å². The Morgan fingerprint density at radius 2 is 2.05 bits per heavy atom. The van der Waals surface area contributed by atoms with Crippen molar-refractivity contribution in [2.75, 3.05) is 6.26 Å². The Kier molecular flexibility index (Phi) is 4.62. The standard InChI is InChI=1S/C15H11ClN2S/c1-19-14-7-3-2-6-12(14)15(16)13(9-17)11-5-4-8-18-10-11/h2-8,10H,1H3/b15-13+. The number of hydrogen-bond donors (Lipinski definition) is 0. The van der Waals surface area contributed by atoms with Gasteiger partial charge in [-0.1, -0.05) is 35.9 Å². The van der Waals surface area contributed by atoms with Crippen molar-refractivity contribution in [2.45, 2.75) is 4.90 Å². The molecule has 1 heterocycles. The van der Waals surface area contributed by atoms with E-state index in [0.717, 1.165) is 16.0 Å². The molecule has 0 saturated carbocycles. The smallest absolute Gasteiger partial charge is 0.101 e. The van der Waals surface area contributed by atoms with Crippen LogP contribution >= 0.6 is 23.4 Å². The maximum Gasteiger partial charge on any atom is 0.101 e. The summed E-state index contributed by atoms with van der Waals surface area (Å²) in [7, 11) is 0. The molecule has 4 heteroatoms. The molecule has 0 aliphatic rings. The zero-order valence-electron chi connectivity index (χ0n) is 10.3. The van der Waals surface area contributed by atoms with Crippen molar-refractivity contribution in [3.8, 4) is 6.07 Å². The third kappa shape index (κ3) is 2.98. The summed E-state index contributed by atoms with van der Waals surface area (Å²) in [6, 6.07) is 13.6. The van der Waals surface area contributed by atoms with Crippen LogP contribution in [0.5, 0.6) is 0 Å². The van der Waals surface area contributed by atoms with E-state index in [4.69, 9.17) is 11.6 Å². The fourth-order valence-corrected chi connectivity index (χ4v) is 2.69. The van der Waals surface area contributed by atoms with Gasteiger partial charge in [0.2, 0.25) is 0 Å². The van der Waals surface area contributed by atoms with E-state index in [1.54, 1.807) is 30.2 Å². The second-order valence-corrected chi connectivity index (χ2v) is 4.97. The molecule has 0 amide bonds. The van der Waals surface area contributed by atoms with Crippen LogP contribution in [0.3, 0.4) is 0 Å². The second kappa shape index (κ2) is 6.42. The van der Waals surface area contributed by atoms with Gasteiger partial charge in [0.05, 0.1) is 10.6 Å². The summed E-state index contributed by atoms with van der Waals surface area (Å²) in [6.45, 7) is 0. The molecule has 2 aromatic rings. The molecule has 0 atom stereocenters. The SMILES string of the molecule is CSc1ccccc1/C(Cl)=C(/C#N)c1cccnc1. The Hall–Kier alpha value is -1.76. The lowest BCUT2D eigenvalue weighted by atomic mass is 10.1. The van der Waals surface area contributed by atoms with Crippen LogP contribution in [-0.2, 0) is 0 Å². The van der Waals surface area contributed by atoms with Crippen LogP contribution in [0.15, 0.2) is 53.7 Å². The van der Waals surface area contributed by atoms with E-state index in [-0.39, 0.29) is 0 Å². The molecule has 2 nitrogen and oxygen atoms in total. The van der Waals surface area contributed by atoms with E-state index < -0.39 is 0 Å². The Labute approximate surface area is 121 Å². The molecule has 1 aromatic carbocycles. The van der Waals surface area contributed by atoms with Crippen molar-refractivity contribution in [1.82, 2.24) is 4.98 Å². The minimum absolute atomic E-state index is 0.441. The zero-order chi connectivity index (χ0) is 13.7. The van der Waals surface area contributed by atoms with Gasteiger partial charge in [0.15, 0.2) is 0 Å². The molecule has 94 valence electrons. The lowest BCUT2D eigenvalue weighted by molar-refractivity contribution is 1.31. The molecule has 0 N–H and O–H groups in total. The normalized spacial score (nSPS) is 11.6. The van der Waals surface area contributed by atoms with Crippen LogP contribution in [0.1, 0.15) is 11.1 Å². The lowest BCUT2D eigenvalue weighted by Gasteiger charge is -2.08. The summed E-state index contributed by atoms with van der Waals surface area (Å²) in [6.07, 6.45) is 5.30. The number of rotatable bonds is 3. The van der Waals surface area contributed by atoms with Crippen LogP contribution in [-0.4, -0.2) is 11.2 Å². The highest BCUT2D eigenvalue weighted by Crippen LogP contribution is 2.34. The fourth-order valence-electron chi connectivity index (χ4n) is 1.71. The van der Waals surface area contributed by atoms with E-state index in [9.17, 15) is 5.26 Å². The van der Waals surface area contributed by atoms with Gasteiger partial charge in [0, 0.05) is 28.4 Å². The number of hydrogen-bond acceptors (Lipinski definition) is 3. The van der Waals surface area contributed by atoms with Crippen molar-refractivity contribution < 1.29 is 0 Å². The number of allylic oxidation sites excluding steroid dienone is 1. The van der Waals surface area contributed by atoms with Gasteiger partial charge in [0.25, 0.3) is 0 Å². The molecule has 0 radical (unpaired) electrons. The monoisotopic (exact) mass is 286 g/mol. The minimum Gasteiger partial charge on any atom is -0.264 e. The molecule has 0 fully saturated rings. The first-order valence-corrected chi connectivity index (χ1v) is 7.22. The van der Waals surface area contributed by atoms with E-state index in [2.05, 4.69) is 11.1 Å². The van der Waals surface area contributed by atoms with E-state index in [1.165, 1.54) is 0 Å². The van der Waals surface area contributed by atoms with Crippen molar-refractivity contribution in [2.24, 2.45) is 0 Å². The van der Waals surface area contributed by atoms with Crippen LogP contribution in [0.2, 0.25) is 0 Å². The van der Waals surface area contributed by atoms with Gasteiger partial charge in [-0.25, -0.2) is 0 Å². The first kappa shape index (κ1) is 13.7. The van der Waals surface area contributed by atoms with Crippen molar-refractivity contribution >= 4 is 34.0 Å². The molecule has 0 unspecified atom stereocenters. The Bertz CT molecular complexity index is 645. The maximum absolute atomic E-state index is 9.35. The van der Waals surface area contributed by atoms with Gasteiger partial charge in [-0.05, 0) is 18.4 Å². The quantitative estimate of drug-likeness (QED) is 0.618. The van der Waals surface area contributed by atoms with Crippen LogP contribution in [0, 0.1) is 11.3 Å². The summed E-state index contributed by atoms with van der Waals surface area (Å²) in [5.74, 6) is 0. The summed E-state index contributed by atoms with van der Waals surface area (Å²) >= 11 is 8.01. The molecule has 0 saturated heterocycles. The maximum atomic E-state index is 9.35. The van der Waals surface area contributed by atoms with Gasteiger partial charge in [-0.15, -0.1) is 11.8 Å². The van der Waals surface area contributed by atoms with Crippen LogP contribution in [0.4, 0.5) is 0 Å². The first-order valence-electron chi connectivity index (χ1n) is 5.61. The van der Waals surface area contributed by atoms with Crippen LogP contribution in [0.25, 0.3) is 10.6 Å². The average molecular weight is 287 g/mol. The Morgan fingerprint density at radius 3 is 2.68 bits per heavy atom. The lowest BCUT2D eigenvalue weighted by Crippen LogP contribution is -1.89. The van der Waals surface area contributed by atoms with E-state index >= 15 is 0 Å². The molecular formula is C15H11ClN2S. The van der Waals surface area contributed by atoms with Gasteiger partial charge in [-0.3, -0.25) is 4.98 Å². The van der Waals surface area contributed by atoms with Gasteiger partial charge >= 0.3 is 0 Å². The number of aromatic nitrogens is 1. The average Bonchev–Trinajstić information content (AvgIpc) is 2.49. The number of thioether (sulfide) groups is 1. The second-order valence-electron chi connectivity index (χ2n) is 3.74. The molecule has 2 rings (SSSR count). The molecule has 0 bridgehead atoms. The fraction of sp³-hybridized carbons (Fsp3) is 0.0667. The van der Waals surface area contributed by atoms with Crippen molar-refractivity contribution in [1.29, 1.82) is 5.26 Å². The molecule has 19 heavy (non-hydrogen) atoms. The summed E-state index contributed by atoms with van der Waals surface area (Å²) in [5.41, 5.74) is 2.04. The third-order valence-electron chi connectivity index (χ3n) is 2.62. The zero-order valence-corrected chi connectivity index (χ0v) is 11.9. The number of nitriles is 1. The van der Waals surface area contributed by atoms with Gasteiger partial charge in [-0.2, -0.15) is 5.26 Å². The topological polar surface area (TPSA) is 36.7 Å². The predicted octanol–water partition coefficient (Wildman–Crippen LogP) is 4.43. The number of nitrogens with zero attached hydrogens (tertiary/aromatic N) is 2. The highest BCUT2D eigenvalue weighted by Gasteiger charge is 2.12. The molecular weight excluding hydrogens is 276 g/mol. The predicted molar refractivity (Wildman–Crippen MR) is 80.7 cm³/mol. The molecule has 1 aromatic heterocycles. The Morgan fingerprint density at radius 1 is 1.26 bits per heavy atom. The van der Waals surface area contributed by atoms with Crippen molar-refractivity contribution in [3.63, 3.8) is 0 Å². The molecule has 0 spiro atoms. The largest absolute Gasteiger partial charge is 0.264 e. The first-order chi connectivity index (χ1) is 9.27. The minimum atomic E-state index is 0.441. The Balaban J connectivity index is 2.59. The molecule has 0 aliphatic heterocycles. The number of halogens is 1. The summed E-state index contributed by atoms with van der Waals surface area (Å²) < 4.78 is 0. The van der Waals surface area contributed by atoms with E-state index in [1.807, 2.05) is 36.6 Å². The summed E-state index contributed by atoms with van der Waals surface area (Å²) in [5, 5.41) is 9.81. The molecule has 0 aliphatic carbocycles. The summed E-state index contributed by atoms with van der Waals surface area (Å²) in [4.78, 5) is 5.07. The van der Waals surface area contributed by atoms with Crippen molar-refractivity contribution in [3.05, 3.63) is 59.9 Å². The number of benzene rings is 1. The third-order valence-corrected chi connectivity index (χ3v) is 3.81. The number of pyridine rings is 1. The highest BCUT2D eigenvalue weighted by molar-refractivity contribution is 7.98. The highest BCUT2D eigenvalue weighted by atomic mass is 35.5. The van der Waals surface area contributed by atoms with E-state index in [0.29, 0.717) is 10.6 Å².